The summed E-state index contributed by atoms with van der Waals surface area (Å²) in [5.41, 5.74) is 1.07. The number of nitrogens with zero attached hydrogens (tertiary/aromatic N) is 7. The number of piperazine rings is 1. The van der Waals surface area contributed by atoms with Gasteiger partial charge >= 0.3 is 0 Å². The molecule has 1 N–H and O–H groups in total. The average molecular weight is 545 g/mol. The molecule has 3 heterocycles. The van der Waals surface area contributed by atoms with Crippen molar-refractivity contribution in [3.05, 3.63) is 36.9 Å². The Morgan fingerprint density at radius 2 is 2.05 bits per heavy atom. The lowest BCUT2D eigenvalue weighted by Crippen LogP contribution is -2.49. The average Bonchev–Trinajstić information content (AvgIpc) is 2.97. The minimum Gasteiger partial charge on any atom is -0.357 e. The van der Waals surface area contributed by atoms with Gasteiger partial charge in [0.1, 0.15) is 10.8 Å². The predicted octanol–water partition coefficient (Wildman–Crippen LogP) is 5.23. The Morgan fingerprint density at radius 1 is 1.32 bits per heavy atom. The SMILES string of the molecule is C=CCN(N=NC(C)C=C)OCCCC(=O)N1CCN(c2nc(NC)nc3c2C=CC(CC)S3)CC1.CC. The Labute approximate surface area is 232 Å². The highest BCUT2D eigenvalue weighted by Crippen LogP contribution is 2.38. The molecule has 0 saturated carbocycles. The molecule has 2 aliphatic heterocycles. The maximum absolute atomic E-state index is 12.8. The second-order valence-electron chi connectivity index (χ2n) is 8.57. The molecule has 38 heavy (non-hydrogen) atoms. The maximum atomic E-state index is 12.8. The number of rotatable bonds is 13. The highest BCUT2D eigenvalue weighted by molar-refractivity contribution is 8.00. The van der Waals surface area contributed by atoms with E-state index in [-0.39, 0.29) is 11.9 Å². The zero-order chi connectivity index (χ0) is 27.9. The van der Waals surface area contributed by atoms with Crippen LogP contribution in [0.3, 0.4) is 0 Å². The van der Waals surface area contributed by atoms with Gasteiger partial charge in [-0.3, -0.25) is 9.63 Å². The van der Waals surface area contributed by atoms with E-state index in [9.17, 15) is 4.79 Å². The molecule has 1 aromatic heterocycles. The Kier molecular flexibility index (Phi) is 13.9. The molecular weight excluding hydrogens is 500 g/mol. The van der Waals surface area contributed by atoms with Gasteiger partial charge in [0.05, 0.1) is 19.2 Å². The summed E-state index contributed by atoms with van der Waals surface area (Å²) in [4.78, 5) is 32.0. The van der Waals surface area contributed by atoms with Gasteiger partial charge in [0.15, 0.2) is 0 Å². The van der Waals surface area contributed by atoms with Gasteiger partial charge in [-0.05, 0) is 25.0 Å². The van der Waals surface area contributed by atoms with Gasteiger partial charge < -0.3 is 15.1 Å². The van der Waals surface area contributed by atoms with Crippen LogP contribution in [0.5, 0.6) is 0 Å². The number of fused-ring (bicyclic) bond motifs is 1. The molecule has 1 saturated heterocycles. The van der Waals surface area contributed by atoms with Crippen molar-refractivity contribution in [2.45, 2.75) is 63.3 Å². The van der Waals surface area contributed by atoms with E-state index in [1.807, 2.05) is 32.7 Å². The summed E-state index contributed by atoms with van der Waals surface area (Å²) in [5.74, 6) is 1.70. The number of thioether (sulfide) groups is 1. The van der Waals surface area contributed by atoms with Crippen LogP contribution < -0.4 is 10.2 Å². The monoisotopic (exact) mass is 544 g/mol. The zero-order valence-corrected chi connectivity index (χ0v) is 24.4. The number of aromatic nitrogens is 2. The number of hydrogen-bond acceptors (Lipinski definition) is 9. The predicted molar refractivity (Wildman–Crippen MR) is 157 cm³/mol. The second kappa shape index (κ2) is 16.8. The molecule has 2 aliphatic rings. The van der Waals surface area contributed by atoms with Gasteiger partial charge in [0, 0.05) is 50.5 Å². The van der Waals surface area contributed by atoms with E-state index in [2.05, 4.69) is 57.8 Å². The van der Waals surface area contributed by atoms with Gasteiger partial charge in [-0.2, -0.15) is 15.3 Å². The minimum absolute atomic E-state index is 0.0955. The van der Waals surface area contributed by atoms with Crippen molar-refractivity contribution >= 4 is 35.5 Å². The molecule has 1 amide bonds. The van der Waals surface area contributed by atoms with Crippen molar-refractivity contribution in [1.29, 1.82) is 0 Å². The fraction of sp³-hybridized carbons (Fsp3) is 0.593. The van der Waals surface area contributed by atoms with Gasteiger partial charge in [-0.1, -0.05) is 56.8 Å². The maximum Gasteiger partial charge on any atom is 0.225 e. The molecule has 1 aromatic rings. The van der Waals surface area contributed by atoms with Gasteiger partial charge in [0.25, 0.3) is 0 Å². The number of carbonyl (C=O) groups is 1. The Morgan fingerprint density at radius 3 is 2.68 bits per heavy atom. The fourth-order valence-electron chi connectivity index (χ4n) is 3.76. The Hall–Kier alpha value is -2.92. The van der Waals surface area contributed by atoms with Crippen molar-refractivity contribution in [2.24, 2.45) is 10.3 Å². The first kappa shape index (κ1) is 31.3. The number of carbonyl (C=O) groups excluding carboxylic acids is 1. The van der Waals surface area contributed by atoms with Crippen LogP contribution in [0, 0.1) is 0 Å². The molecule has 0 bridgehead atoms. The molecule has 0 radical (unpaired) electrons. The molecule has 0 aromatic carbocycles. The summed E-state index contributed by atoms with van der Waals surface area (Å²) < 4.78 is 0. The number of amides is 1. The summed E-state index contributed by atoms with van der Waals surface area (Å²) in [6.07, 6.45) is 9.86. The standard InChI is InChI=1S/C25H38N8O2S.C2H6/c1-6-13-33(30-29-19(4)7-2)35-18-9-10-22(34)31-14-16-32(17-15-31)23-21-12-11-20(8-3)36-24(21)28-25(26-5)27-23;1-2/h6-7,11-12,19-20H,1-2,8-10,13-18H2,3-5H3,(H,26,27,28);1-2H3. The summed E-state index contributed by atoms with van der Waals surface area (Å²) >= 11 is 1.78. The molecule has 2 unspecified atom stereocenters. The van der Waals surface area contributed by atoms with Crippen molar-refractivity contribution < 1.29 is 9.63 Å². The first-order valence-electron chi connectivity index (χ1n) is 13.5. The van der Waals surface area contributed by atoms with E-state index in [0.717, 1.165) is 35.9 Å². The third kappa shape index (κ3) is 9.13. The first-order valence-corrected chi connectivity index (χ1v) is 14.4. The van der Waals surface area contributed by atoms with Crippen molar-refractivity contribution in [3.63, 3.8) is 0 Å². The van der Waals surface area contributed by atoms with Gasteiger partial charge in [-0.15, -0.1) is 13.2 Å². The summed E-state index contributed by atoms with van der Waals surface area (Å²) in [6, 6.07) is -0.0955. The first-order chi connectivity index (χ1) is 18.5. The van der Waals surface area contributed by atoms with E-state index in [4.69, 9.17) is 9.82 Å². The van der Waals surface area contributed by atoms with Crippen LogP contribution in [0.15, 0.2) is 46.7 Å². The van der Waals surface area contributed by atoms with E-state index in [1.54, 1.807) is 23.9 Å². The normalized spacial score (nSPS) is 17.3. The van der Waals surface area contributed by atoms with E-state index in [0.29, 0.717) is 50.3 Å². The van der Waals surface area contributed by atoms with Crippen LogP contribution in [0.2, 0.25) is 0 Å². The molecule has 1 fully saturated rings. The fourth-order valence-corrected chi connectivity index (χ4v) is 4.80. The van der Waals surface area contributed by atoms with Gasteiger partial charge in [-0.25, -0.2) is 4.98 Å². The smallest absolute Gasteiger partial charge is 0.225 e. The van der Waals surface area contributed by atoms with Crippen LogP contribution in [0.1, 0.15) is 52.5 Å². The summed E-state index contributed by atoms with van der Waals surface area (Å²) in [5, 5.41) is 14.1. The third-order valence-corrected chi connectivity index (χ3v) is 7.25. The lowest BCUT2D eigenvalue weighted by Gasteiger charge is -2.36. The van der Waals surface area contributed by atoms with E-state index in [1.165, 1.54) is 5.17 Å². The topological polar surface area (TPSA) is 98.5 Å². The van der Waals surface area contributed by atoms with Crippen LogP contribution in [-0.2, 0) is 9.63 Å². The number of nitrogens with one attached hydrogen (secondary N) is 1. The molecule has 2 atom stereocenters. The second-order valence-corrected chi connectivity index (χ2v) is 9.80. The highest BCUT2D eigenvalue weighted by atomic mass is 32.2. The molecule has 11 heteroatoms. The quantitative estimate of drug-likeness (QED) is 0.118. The molecule has 0 spiro atoms. The Balaban J connectivity index is 0.00000247. The summed E-state index contributed by atoms with van der Waals surface area (Å²) in [6.45, 7) is 19.1. The number of hydroxylamine groups is 1. The van der Waals surface area contributed by atoms with Crippen molar-refractivity contribution in [3.8, 4) is 0 Å². The van der Waals surface area contributed by atoms with Crippen LogP contribution >= 0.6 is 11.8 Å². The van der Waals surface area contributed by atoms with Gasteiger partial charge in [0.2, 0.25) is 11.9 Å². The number of anilines is 2. The van der Waals surface area contributed by atoms with Crippen LogP contribution in [-0.4, -0.2) is 83.6 Å². The third-order valence-electron chi connectivity index (χ3n) is 5.92. The summed E-state index contributed by atoms with van der Waals surface area (Å²) in [7, 11) is 1.84. The Bertz CT molecular complexity index is 963. The van der Waals surface area contributed by atoms with E-state index < -0.39 is 0 Å². The molecule has 210 valence electrons. The minimum atomic E-state index is -0.0955. The molecule has 0 aliphatic carbocycles. The molecular formula is C27H44N8O2S. The largest absolute Gasteiger partial charge is 0.357 e. The lowest BCUT2D eigenvalue weighted by atomic mass is 10.2. The number of hydrogen-bond donors (Lipinski definition) is 1. The van der Waals surface area contributed by atoms with Crippen molar-refractivity contribution in [2.75, 3.05) is 56.6 Å². The zero-order valence-electron chi connectivity index (χ0n) is 23.6. The molecule has 10 nitrogen and oxygen atoms in total. The van der Waals surface area contributed by atoms with Crippen LogP contribution in [0.25, 0.3) is 6.08 Å². The highest BCUT2D eigenvalue weighted by Gasteiger charge is 2.27. The molecule has 3 rings (SSSR count). The van der Waals surface area contributed by atoms with Crippen LogP contribution in [0.4, 0.5) is 11.8 Å². The lowest BCUT2D eigenvalue weighted by molar-refractivity contribution is -0.160. The van der Waals surface area contributed by atoms with E-state index >= 15 is 0 Å². The van der Waals surface area contributed by atoms with Crippen molar-refractivity contribution in [1.82, 2.24) is 20.0 Å².